The summed E-state index contributed by atoms with van der Waals surface area (Å²) in [6.07, 6.45) is -0.220. The van der Waals surface area contributed by atoms with Gasteiger partial charge < -0.3 is 15.1 Å². The van der Waals surface area contributed by atoms with Gasteiger partial charge in [-0.05, 0) is 42.8 Å². The van der Waals surface area contributed by atoms with Crippen LogP contribution in [0.1, 0.15) is 12.0 Å². The number of nitrogens with one attached hydrogen (secondary N) is 1. The Balaban J connectivity index is 1.52. The van der Waals surface area contributed by atoms with Crippen LogP contribution < -0.4 is 10.2 Å². The van der Waals surface area contributed by atoms with E-state index in [1.165, 1.54) is 6.07 Å². The molecule has 0 radical (unpaired) electrons. The zero-order valence-corrected chi connectivity index (χ0v) is 15.8. The van der Waals surface area contributed by atoms with E-state index in [0.717, 1.165) is 5.56 Å². The number of para-hydroxylation sites is 1. The molecule has 0 saturated carbocycles. The molecule has 1 aliphatic rings. The molecule has 0 atom stereocenters. The molecule has 2 aromatic carbocycles. The van der Waals surface area contributed by atoms with Gasteiger partial charge in [0.2, 0.25) is 11.8 Å². The van der Waals surface area contributed by atoms with Gasteiger partial charge in [0.15, 0.2) is 0 Å². The van der Waals surface area contributed by atoms with Gasteiger partial charge in [0.05, 0.1) is 5.69 Å². The molecule has 0 aromatic heterocycles. The maximum Gasteiger partial charge on any atom is 0.233 e. The lowest BCUT2D eigenvalue weighted by molar-refractivity contribution is -0.134. The summed E-state index contributed by atoms with van der Waals surface area (Å²) in [7, 11) is 0. The highest BCUT2D eigenvalue weighted by Gasteiger charge is 2.24. The van der Waals surface area contributed by atoms with Gasteiger partial charge in [0.25, 0.3) is 0 Å². The molecule has 0 unspecified atom stereocenters. The number of amides is 2. The van der Waals surface area contributed by atoms with E-state index in [2.05, 4.69) is 5.32 Å². The lowest BCUT2D eigenvalue weighted by atomic mass is 10.2. The van der Waals surface area contributed by atoms with E-state index < -0.39 is 0 Å². The molecule has 2 aromatic rings. The number of nitrogens with zero attached hydrogens (tertiary/aromatic N) is 2. The highest BCUT2D eigenvalue weighted by atomic mass is 35.5. The summed E-state index contributed by atoms with van der Waals surface area (Å²) in [6, 6.07) is 11.8. The monoisotopic (exact) mass is 389 g/mol. The van der Waals surface area contributed by atoms with Crippen LogP contribution in [0, 0.1) is 12.7 Å². The Morgan fingerprint density at radius 2 is 1.81 bits per heavy atom. The molecule has 3 rings (SSSR count). The van der Waals surface area contributed by atoms with Crippen LogP contribution in [0.25, 0.3) is 0 Å². The second-order valence-corrected chi connectivity index (χ2v) is 6.94. The molecule has 27 heavy (non-hydrogen) atoms. The van der Waals surface area contributed by atoms with E-state index in [9.17, 15) is 14.0 Å². The van der Waals surface area contributed by atoms with Gasteiger partial charge in [0.1, 0.15) is 12.2 Å². The summed E-state index contributed by atoms with van der Waals surface area (Å²) in [5.74, 6) is -0.857. The molecule has 1 fully saturated rings. The molecule has 7 heteroatoms. The standard InChI is InChI=1S/C20H21ClFN3O2/c1-14-12-15(21)6-7-17(14)23-19(26)13-20(27)25-10-8-24(9-11-25)18-5-3-2-4-16(18)22/h2-7,12H,8-11,13H2,1H3,(H,23,26). The molecular weight excluding hydrogens is 369 g/mol. The fourth-order valence-electron chi connectivity index (χ4n) is 3.12. The summed E-state index contributed by atoms with van der Waals surface area (Å²) >= 11 is 5.90. The van der Waals surface area contributed by atoms with E-state index in [-0.39, 0.29) is 24.1 Å². The molecule has 0 bridgehead atoms. The van der Waals surface area contributed by atoms with Crippen molar-refractivity contribution in [3.63, 3.8) is 0 Å². The first-order valence-corrected chi connectivity index (χ1v) is 9.15. The van der Waals surface area contributed by atoms with Crippen LogP contribution in [0.2, 0.25) is 5.02 Å². The van der Waals surface area contributed by atoms with Crippen molar-refractivity contribution in [1.29, 1.82) is 0 Å². The van der Waals surface area contributed by atoms with E-state index in [4.69, 9.17) is 11.6 Å². The molecule has 142 valence electrons. The van der Waals surface area contributed by atoms with Crippen molar-refractivity contribution in [3.05, 3.63) is 58.9 Å². The normalized spacial score (nSPS) is 14.2. The summed E-state index contributed by atoms with van der Waals surface area (Å²) < 4.78 is 13.9. The first-order valence-electron chi connectivity index (χ1n) is 8.77. The number of carbonyl (C=O) groups excluding carboxylic acids is 2. The third kappa shape index (κ3) is 4.77. The zero-order chi connectivity index (χ0) is 19.4. The smallest absolute Gasteiger partial charge is 0.233 e. The van der Waals surface area contributed by atoms with Crippen LogP contribution in [0.5, 0.6) is 0 Å². The number of carbonyl (C=O) groups is 2. The lowest BCUT2D eigenvalue weighted by Gasteiger charge is -2.36. The zero-order valence-electron chi connectivity index (χ0n) is 15.0. The van der Waals surface area contributed by atoms with E-state index in [1.54, 1.807) is 41.3 Å². The maximum absolute atomic E-state index is 13.9. The summed E-state index contributed by atoms with van der Waals surface area (Å²) in [4.78, 5) is 28.1. The molecule has 1 saturated heterocycles. The first-order chi connectivity index (χ1) is 12.9. The number of anilines is 2. The highest BCUT2D eigenvalue weighted by molar-refractivity contribution is 6.30. The van der Waals surface area contributed by atoms with Crippen LogP contribution in [-0.2, 0) is 9.59 Å². The number of piperazine rings is 1. The Morgan fingerprint density at radius 3 is 2.48 bits per heavy atom. The Hall–Kier alpha value is -2.60. The third-order valence-electron chi connectivity index (χ3n) is 4.60. The maximum atomic E-state index is 13.9. The first kappa shape index (κ1) is 19.2. The minimum absolute atomic E-state index is 0.220. The van der Waals surface area contributed by atoms with Gasteiger partial charge in [-0.15, -0.1) is 0 Å². The average molecular weight is 390 g/mol. The SMILES string of the molecule is Cc1cc(Cl)ccc1NC(=O)CC(=O)N1CCN(c2ccccc2F)CC1. The van der Waals surface area contributed by atoms with Crippen molar-refractivity contribution in [3.8, 4) is 0 Å². The second-order valence-electron chi connectivity index (χ2n) is 6.50. The number of halogens is 2. The van der Waals surface area contributed by atoms with E-state index >= 15 is 0 Å². The summed E-state index contributed by atoms with van der Waals surface area (Å²) in [6.45, 7) is 3.82. The number of hydrogen-bond donors (Lipinski definition) is 1. The predicted molar refractivity (Wildman–Crippen MR) is 105 cm³/mol. The quantitative estimate of drug-likeness (QED) is 0.815. The number of benzene rings is 2. The van der Waals surface area contributed by atoms with Crippen molar-refractivity contribution >= 4 is 34.8 Å². The Labute approximate surface area is 162 Å². The van der Waals surface area contributed by atoms with Gasteiger partial charge in [-0.3, -0.25) is 9.59 Å². The largest absolute Gasteiger partial charge is 0.366 e. The molecule has 1 N–H and O–H groups in total. The van der Waals surface area contributed by atoms with Crippen LogP contribution in [0.4, 0.5) is 15.8 Å². The van der Waals surface area contributed by atoms with Crippen LogP contribution in [0.3, 0.4) is 0 Å². The Kier molecular flexibility index (Phi) is 5.96. The topological polar surface area (TPSA) is 52.7 Å². The molecule has 1 heterocycles. The fraction of sp³-hybridized carbons (Fsp3) is 0.300. The van der Waals surface area contributed by atoms with Crippen LogP contribution in [-0.4, -0.2) is 42.9 Å². The molecule has 0 aliphatic carbocycles. The predicted octanol–water partition coefficient (Wildman–Crippen LogP) is 3.46. The van der Waals surface area contributed by atoms with Crippen molar-refractivity contribution in [2.24, 2.45) is 0 Å². The molecule has 0 spiro atoms. The van der Waals surface area contributed by atoms with Crippen molar-refractivity contribution < 1.29 is 14.0 Å². The van der Waals surface area contributed by atoms with Crippen LogP contribution >= 0.6 is 11.6 Å². The Morgan fingerprint density at radius 1 is 1.11 bits per heavy atom. The summed E-state index contributed by atoms with van der Waals surface area (Å²) in [5, 5.41) is 3.34. The molecule has 1 aliphatic heterocycles. The lowest BCUT2D eigenvalue weighted by Crippen LogP contribution is -2.49. The number of hydrogen-bond acceptors (Lipinski definition) is 3. The minimum Gasteiger partial charge on any atom is -0.366 e. The second kappa shape index (κ2) is 8.39. The number of aryl methyl sites for hydroxylation is 1. The summed E-state index contributed by atoms with van der Waals surface area (Å²) in [5.41, 5.74) is 2.02. The van der Waals surface area contributed by atoms with Crippen LogP contribution in [0.15, 0.2) is 42.5 Å². The fourth-order valence-corrected chi connectivity index (χ4v) is 3.34. The van der Waals surface area contributed by atoms with Gasteiger partial charge >= 0.3 is 0 Å². The molecular formula is C20H21ClFN3O2. The van der Waals surface area contributed by atoms with Gasteiger partial charge in [-0.25, -0.2) is 4.39 Å². The van der Waals surface area contributed by atoms with Crippen molar-refractivity contribution in [2.75, 3.05) is 36.4 Å². The number of rotatable bonds is 4. The van der Waals surface area contributed by atoms with E-state index in [0.29, 0.717) is 42.6 Å². The average Bonchev–Trinajstić information content (AvgIpc) is 2.64. The third-order valence-corrected chi connectivity index (χ3v) is 4.83. The molecule has 5 nitrogen and oxygen atoms in total. The van der Waals surface area contributed by atoms with Gasteiger partial charge in [-0.1, -0.05) is 23.7 Å². The van der Waals surface area contributed by atoms with Gasteiger partial charge in [0, 0.05) is 36.9 Å². The Bertz CT molecular complexity index is 851. The minimum atomic E-state index is -0.359. The van der Waals surface area contributed by atoms with E-state index in [1.807, 2.05) is 11.8 Å². The molecule has 2 amide bonds. The highest BCUT2D eigenvalue weighted by Crippen LogP contribution is 2.21. The van der Waals surface area contributed by atoms with Crippen molar-refractivity contribution in [1.82, 2.24) is 4.90 Å². The van der Waals surface area contributed by atoms with Gasteiger partial charge in [-0.2, -0.15) is 0 Å². The van der Waals surface area contributed by atoms with Crippen molar-refractivity contribution in [2.45, 2.75) is 13.3 Å².